The van der Waals surface area contributed by atoms with Crippen molar-refractivity contribution in [1.29, 1.82) is 0 Å². The van der Waals surface area contributed by atoms with Gasteiger partial charge in [0.1, 0.15) is 5.75 Å². The first-order valence-electron chi connectivity index (χ1n) is 6.97. The minimum absolute atomic E-state index is 0.312. The highest BCUT2D eigenvalue weighted by atomic mass is 35.5. The average molecular weight is 373 g/mol. The Kier molecular flexibility index (Phi) is 5.79. The van der Waals surface area contributed by atoms with Gasteiger partial charge in [-0.15, -0.1) is 0 Å². The van der Waals surface area contributed by atoms with Crippen molar-refractivity contribution in [2.24, 2.45) is 0 Å². The Labute approximate surface area is 150 Å². The maximum atomic E-state index is 12.3. The van der Waals surface area contributed by atoms with E-state index < -0.39 is 6.10 Å². The first-order valence-corrected chi connectivity index (χ1v) is 8.10. The minimum Gasteiger partial charge on any atom is -0.481 e. The number of aryl methyl sites for hydroxylation is 2. The molecule has 1 N–H and O–H groups in total. The summed E-state index contributed by atoms with van der Waals surface area (Å²) in [4.78, 5) is 12.3. The molecular weight excluding hydrogens is 357 g/mol. The third-order valence-corrected chi connectivity index (χ3v) is 4.32. The Morgan fingerprint density at radius 3 is 2.39 bits per heavy atom. The second-order valence-electron chi connectivity index (χ2n) is 5.26. The van der Waals surface area contributed by atoms with Gasteiger partial charge in [0.25, 0.3) is 5.91 Å². The lowest BCUT2D eigenvalue weighted by atomic mass is 10.1. The largest absolute Gasteiger partial charge is 0.481 e. The summed E-state index contributed by atoms with van der Waals surface area (Å²) >= 11 is 17.9. The number of anilines is 1. The standard InChI is InChI=1S/C17H16Cl3NO2/c1-9-4-5-10(2)16(6-9)23-11(3)17(22)21-15-8-13(19)12(18)7-14(15)20/h4-8,11H,1-3H3,(H,21,22)/t11-/m1/s1. The van der Waals surface area contributed by atoms with Gasteiger partial charge in [0.15, 0.2) is 6.10 Å². The second-order valence-corrected chi connectivity index (χ2v) is 6.49. The van der Waals surface area contributed by atoms with E-state index in [4.69, 9.17) is 39.5 Å². The van der Waals surface area contributed by atoms with Crippen LogP contribution >= 0.6 is 34.8 Å². The molecule has 2 rings (SSSR count). The molecule has 0 aliphatic heterocycles. The van der Waals surface area contributed by atoms with E-state index in [9.17, 15) is 4.79 Å². The summed E-state index contributed by atoms with van der Waals surface area (Å²) in [7, 11) is 0. The molecule has 0 bridgehead atoms. The van der Waals surface area contributed by atoms with E-state index in [0.29, 0.717) is 26.5 Å². The maximum Gasteiger partial charge on any atom is 0.265 e. The number of rotatable bonds is 4. The van der Waals surface area contributed by atoms with Crippen LogP contribution in [0.3, 0.4) is 0 Å². The fourth-order valence-corrected chi connectivity index (χ4v) is 2.53. The van der Waals surface area contributed by atoms with Crippen LogP contribution in [0.25, 0.3) is 0 Å². The summed E-state index contributed by atoms with van der Waals surface area (Å²) in [6, 6.07) is 8.82. The Bertz CT molecular complexity index is 747. The van der Waals surface area contributed by atoms with E-state index in [1.165, 1.54) is 12.1 Å². The van der Waals surface area contributed by atoms with Gasteiger partial charge in [-0.25, -0.2) is 0 Å². The first-order chi connectivity index (χ1) is 10.8. The third-order valence-electron chi connectivity index (χ3n) is 3.28. The molecule has 0 aliphatic carbocycles. The van der Waals surface area contributed by atoms with Gasteiger partial charge >= 0.3 is 0 Å². The third kappa shape index (κ3) is 4.54. The van der Waals surface area contributed by atoms with Crippen LogP contribution in [-0.4, -0.2) is 12.0 Å². The average Bonchev–Trinajstić information content (AvgIpc) is 2.48. The Hall–Kier alpha value is -1.42. The molecule has 0 spiro atoms. The lowest BCUT2D eigenvalue weighted by Crippen LogP contribution is -2.30. The molecule has 0 heterocycles. The number of hydrogen-bond acceptors (Lipinski definition) is 2. The number of carbonyl (C=O) groups is 1. The first kappa shape index (κ1) is 17.9. The molecule has 122 valence electrons. The number of hydrogen-bond donors (Lipinski definition) is 1. The molecule has 0 saturated carbocycles. The monoisotopic (exact) mass is 371 g/mol. The zero-order valence-electron chi connectivity index (χ0n) is 12.9. The predicted molar refractivity (Wildman–Crippen MR) is 96.1 cm³/mol. The normalized spacial score (nSPS) is 11.9. The van der Waals surface area contributed by atoms with E-state index in [2.05, 4.69) is 5.32 Å². The zero-order valence-corrected chi connectivity index (χ0v) is 15.2. The van der Waals surface area contributed by atoms with Gasteiger partial charge in [-0.05, 0) is 50.1 Å². The van der Waals surface area contributed by atoms with Gasteiger partial charge in [0, 0.05) is 0 Å². The smallest absolute Gasteiger partial charge is 0.265 e. The summed E-state index contributed by atoms with van der Waals surface area (Å²) in [6.07, 6.45) is -0.693. The van der Waals surface area contributed by atoms with Crippen LogP contribution in [0, 0.1) is 13.8 Å². The summed E-state index contributed by atoms with van der Waals surface area (Å²) in [5.74, 6) is 0.346. The molecule has 0 unspecified atom stereocenters. The molecule has 6 heteroatoms. The molecular formula is C17H16Cl3NO2. The van der Waals surface area contributed by atoms with Crippen molar-refractivity contribution in [2.75, 3.05) is 5.32 Å². The molecule has 0 radical (unpaired) electrons. The number of nitrogens with one attached hydrogen (secondary N) is 1. The van der Waals surface area contributed by atoms with Crippen molar-refractivity contribution >= 4 is 46.4 Å². The van der Waals surface area contributed by atoms with Crippen LogP contribution in [0.5, 0.6) is 5.75 Å². The number of ether oxygens (including phenoxy) is 1. The zero-order chi connectivity index (χ0) is 17.1. The molecule has 1 atom stereocenters. The second kappa shape index (κ2) is 7.43. The van der Waals surface area contributed by atoms with E-state index in [0.717, 1.165) is 11.1 Å². The van der Waals surface area contributed by atoms with Gasteiger partial charge in [-0.1, -0.05) is 46.9 Å². The molecule has 0 aliphatic rings. The van der Waals surface area contributed by atoms with Crippen molar-refractivity contribution in [3.63, 3.8) is 0 Å². The highest BCUT2D eigenvalue weighted by Gasteiger charge is 2.18. The van der Waals surface area contributed by atoms with E-state index in [1.807, 2.05) is 32.0 Å². The van der Waals surface area contributed by atoms with Crippen LogP contribution in [0.2, 0.25) is 15.1 Å². The van der Waals surface area contributed by atoms with Gasteiger partial charge in [0.05, 0.1) is 20.8 Å². The van der Waals surface area contributed by atoms with Crippen LogP contribution in [0.1, 0.15) is 18.1 Å². The van der Waals surface area contributed by atoms with Crippen LogP contribution in [0.15, 0.2) is 30.3 Å². The quantitative estimate of drug-likeness (QED) is 0.702. The molecule has 0 saturated heterocycles. The Morgan fingerprint density at radius 1 is 1.04 bits per heavy atom. The van der Waals surface area contributed by atoms with Gasteiger partial charge in [0.2, 0.25) is 0 Å². The Balaban J connectivity index is 2.11. The van der Waals surface area contributed by atoms with Crippen LogP contribution in [-0.2, 0) is 4.79 Å². The van der Waals surface area contributed by atoms with Crippen molar-refractivity contribution in [3.8, 4) is 5.75 Å². The number of carbonyl (C=O) groups excluding carboxylic acids is 1. The van der Waals surface area contributed by atoms with E-state index in [1.54, 1.807) is 6.92 Å². The number of halogens is 3. The molecule has 3 nitrogen and oxygen atoms in total. The number of amides is 1. The molecule has 2 aromatic carbocycles. The maximum absolute atomic E-state index is 12.3. The SMILES string of the molecule is Cc1ccc(C)c(O[C@H](C)C(=O)Nc2cc(Cl)c(Cl)cc2Cl)c1. The fraction of sp³-hybridized carbons (Fsp3) is 0.235. The van der Waals surface area contributed by atoms with Crippen molar-refractivity contribution in [1.82, 2.24) is 0 Å². The molecule has 1 amide bonds. The fourth-order valence-electron chi connectivity index (χ4n) is 1.93. The lowest BCUT2D eigenvalue weighted by Gasteiger charge is -2.17. The van der Waals surface area contributed by atoms with Crippen molar-refractivity contribution in [2.45, 2.75) is 26.9 Å². The van der Waals surface area contributed by atoms with Crippen molar-refractivity contribution in [3.05, 3.63) is 56.5 Å². The molecule has 0 fully saturated rings. The molecule has 23 heavy (non-hydrogen) atoms. The van der Waals surface area contributed by atoms with E-state index in [-0.39, 0.29) is 5.91 Å². The van der Waals surface area contributed by atoms with Crippen molar-refractivity contribution < 1.29 is 9.53 Å². The Morgan fingerprint density at radius 2 is 1.70 bits per heavy atom. The topological polar surface area (TPSA) is 38.3 Å². The highest BCUT2D eigenvalue weighted by Crippen LogP contribution is 2.32. The summed E-state index contributed by atoms with van der Waals surface area (Å²) in [5, 5.41) is 3.65. The highest BCUT2D eigenvalue weighted by molar-refractivity contribution is 6.44. The van der Waals surface area contributed by atoms with E-state index >= 15 is 0 Å². The lowest BCUT2D eigenvalue weighted by molar-refractivity contribution is -0.122. The molecule has 2 aromatic rings. The minimum atomic E-state index is -0.693. The van der Waals surface area contributed by atoms with Gasteiger partial charge in [-0.3, -0.25) is 4.79 Å². The summed E-state index contributed by atoms with van der Waals surface area (Å²) in [6.45, 7) is 5.56. The van der Waals surface area contributed by atoms with Gasteiger partial charge < -0.3 is 10.1 Å². The predicted octanol–water partition coefficient (Wildman–Crippen LogP) is 5.67. The summed E-state index contributed by atoms with van der Waals surface area (Å²) < 4.78 is 5.74. The van der Waals surface area contributed by atoms with Crippen LogP contribution < -0.4 is 10.1 Å². The summed E-state index contributed by atoms with van der Waals surface area (Å²) in [5.41, 5.74) is 2.41. The van der Waals surface area contributed by atoms with Gasteiger partial charge in [-0.2, -0.15) is 0 Å². The number of benzene rings is 2. The molecule has 0 aromatic heterocycles. The van der Waals surface area contributed by atoms with Crippen LogP contribution in [0.4, 0.5) is 5.69 Å².